The molecule has 37 heavy (non-hydrogen) atoms. The van der Waals surface area contributed by atoms with E-state index in [1.54, 1.807) is 0 Å². The molecule has 2 aliphatic heterocycles. The summed E-state index contributed by atoms with van der Waals surface area (Å²) in [7, 11) is 0. The Labute approximate surface area is 228 Å². The number of ketones is 1. The molecule has 7 nitrogen and oxygen atoms in total. The Morgan fingerprint density at radius 1 is 1.14 bits per heavy atom. The Balaban J connectivity index is 1.56. The summed E-state index contributed by atoms with van der Waals surface area (Å²) in [5, 5.41) is 4.03. The monoisotopic (exact) mass is 587 g/mol. The number of esters is 1. The fraction of sp³-hybridized carbons (Fsp3) is 0.357. The molecule has 5 rings (SSSR count). The van der Waals surface area contributed by atoms with Gasteiger partial charge in [0.15, 0.2) is 17.3 Å². The Bertz CT molecular complexity index is 1300. The quantitative estimate of drug-likeness (QED) is 0.325. The number of hydrogen-bond donors (Lipinski definition) is 1. The van der Waals surface area contributed by atoms with Gasteiger partial charge in [-0.05, 0) is 61.6 Å². The minimum atomic E-state index is -0.626. The number of dihydropyridines is 1. The van der Waals surface area contributed by atoms with Crippen LogP contribution in [-0.4, -0.2) is 38.4 Å². The number of fused-ring (bicyclic) bond motifs is 1. The van der Waals surface area contributed by atoms with Gasteiger partial charge in [0.25, 0.3) is 0 Å². The van der Waals surface area contributed by atoms with Crippen molar-refractivity contribution in [1.29, 1.82) is 0 Å². The molecule has 1 N–H and O–H groups in total. The van der Waals surface area contributed by atoms with Crippen LogP contribution in [0.5, 0.6) is 11.5 Å². The number of nitrogens with one attached hydrogen (secondary N) is 1. The summed E-state index contributed by atoms with van der Waals surface area (Å²) < 4.78 is 22.8. The molecule has 0 bridgehead atoms. The predicted molar refractivity (Wildman–Crippen MR) is 142 cm³/mol. The third-order valence-electron chi connectivity index (χ3n) is 6.86. The molecule has 9 heteroatoms. The van der Waals surface area contributed by atoms with Crippen LogP contribution in [0.1, 0.15) is 49.7 Å². The fourth-order valence-corrected chi connectivity index (χ4v) is 5.84. The van der Waals surface area contributed by atoms with Gasteiger partial charge in [0.05, 0.1) is 12.2 Å². The van der Waals surface area contributed by atoms with Crippen LogP contribution in [0.2, 0.25) is 5.02 Å². The Hall–Kier alpha value is -2.81. The lowest BCUT2D eigenvalue weighted by Crippen LogP contribution is -2.36. The predicted octanol–water partition coefficient (Wildman–Crippen LogP) is 5.77. The van der Waals surface area contributed by atoms with Crippen molar-refractivity contribution in [1.82, 2.24) is 5.32 Å². The summed E-state index contributed by atoms with van der Waals surface area (Å²) in [4.78, 5) is 27.2. The van der Waals surface area contributed by atoms with Crippen LogP contribution in [0.4, 0.5) is 0 Å². The van der Waals surface area contributed by atoms with Gasteiger partial charge in [-0.25, -0.2) is 4.79 Å². The van der Waals surface area contributed by atoms with Crippen molar-refractivity contribution >= 4 is 39.3 Å². The van der Waals surface area contributed by atoms with Gasteiger partial charge in [0.1, 0.15) is 6.61 Å². The van der Waals surface area contributed by atoms with Crippen molar-refractivity contribution in [2.24, 2.45) is 0 Å². The number of ether oxygens (including phenoxy) is 4. The van der Waals surface area contributed by atoms with Crippen molar-refractivity contribution < 1.29 is 28.5 Å². The molecule has 0 aromatic heterocycles. The van der Waals surface area contributed by atoms with Crippen LogP contribution in [0.25, 0.3) is 0 Å². The van der Waals surface area contributed by atoms with E-state index >= 15 is 0 Å². The highest BCUT2D eigenvalue weighted by Crippen LogP contribution is 2.49. The maximum absolute atomic E-state index is 13.8. The van der Waals surface area contributed by atoms with Crippen molar-refractivity contribution in [2.75, 3.05) is 26.6 Å². The number of carbonyl (C=O) groups excluding carboxylic acids is 2. The summed E-state index contributed by atoms with van der Waals surface area (Å²) in [6.45, 7) is 4.80. The molecule has 3 aliphatic rings. The first-order valence-electron chi connectivity index (χ1n) is 12.2. The third kappa shape index (κ3) is 5.15. The number of Topliss-reactive ketones (excluding diaryl/α,β-unsaturated/α-hetero) is 1. The van der Waals surface area contributed by atoms with E-state index in [4.69, 9.17) is 30.5 Å². The lowest BCUT2D eigenvalue weighted by atomic mass is 9.71. The molecule has 1 aliphatic carbocycles. The molecular weight excluding hydrogens is 562 g/mol. The van der Waals surface area contributed by atoms with E-state index in [2.05, 4.69) is 21.2 Å². The molecule has 0 unspecified atom stereocenters. The molecule has 0 radical (unpaired) electrons. The van der Waals surface area contributed by atoms with Gasteiger partial charge in [0.2, 0.25) is 6.79 Å². The van der Waals surface area contributed by atoms with Gasteiger partial charge >= 0.3 is 5.97 Å². The molecule has 2 atom stereocenters. The van der Waals surface area contributed by atoms with Crippen LogP contribution < -0.4 is 14.8 Å². The van der Waals surface area contributed by atoms with Crippen molar-refractivity contribution in [3.05, 3.63) is 79.6 Å². The molecular formula is C28H27BrClNO6. The molecule has 2 aromatic carbocycles. The van der Waals surface area contributed by atoms with E-state index in [0.29, 0.717) is 59.4 Å². The zero-order chi connectivity index (χ0) is 26.1. The zero-order valence-corrected chi connectivity index (χ0v) is 22.9. The SMILES string of the molecule is CCOCCOC(=O)C1=C(C)NC2=C(C(=O)C[C@@H](c3ccc(Cl)cc3)C2)[C@H]1c1cc2c(cc1Br)OCO2. The number of hydrogen-bond acceptors (Lipinski definition) is 7. The highest BCUT2D eigenvalue weighted by Gasteiger charge is 2.42. The fourth-order valence-electron chi connectivity index (χ4n) is 5.16. The average molecular weight is 589 g/mol. The molecule has 194 valence electrons. The Morgan fingerprint density at radius 2 is 1.86 bits per heavy atom. The Kier molecular flexibility index (Phi) is 7.60. The molecule has 0 saturated carbocycles. The van der Waals surface area contributed by atoms with E-state index in [1.807, 2.05) is 50.2 Å². The second-order valence-electron chi connectivity index (χ2n) is 9.13. The van der Waals surface area contributed by atoms with Gasteiger partial charge in [-0.3, -0.25) is 4.79 Å². The van der Waals surface area contributed by atoms with Gasteiger partial charge in [-0.2, -0.15) is 0 Å². The number of benzene rings is 2. The minimum absolute atomic E-state index is 0.00403. The lowest BCUT2D eigenvalue weighted by molar-refractivity contribution is -0.140. The maximum Gasteiger partial charge on any atom is 0.336 e. The van der Waals surface area contributed by atoms with E-state index in [0.717, 1.165) is 21.3 Å². The number of allylic oxidation sites excluding steroid dienone is 3. The molecule has 0 amide bonds. The van der Waals surface area contributed by atoms with Crippen molar-refractivity contribution in [3.8, 4) is 11.5 Å². The average Bonchev–Trinajstić information content (AvgIpc) is 3.32. The summed E-state index contributed by atoms with van der Waals surface area (Å²) in [5.74, 6) is 0.0533. The zero-order valence-electron chi connectivity index (χ0n) is 20.6. The largest absolute Gasteiger partial charge is 0.460 e. The Morgan fingerprint density at radius 3 is 2.59 bits per heavy atom. The number of rotatable bonds is 7. The maximum atomic E-state index is 13.8. The number of halogens is 2. The minimum Gasteiger partial charge on any atom is -0.460 e. The summed E-state index contributed by atoms with van der Waals surface area (Å²) in [6.07, 6.45) is 0.956. The van der Waals surface area contributed by atoms with Crippen LogP contribution in [0, 0.1) is 0 Å². The van der Waals surface area contributed by atoms with E-state index < -0.39 is 11.9 Å². The van der Waals surface area contributed by atoms with Gasteiger partial charge < -0.3 is 24.3 Å². The smallest absolute Gasteiger partial charge is 0.336 e. The third-order valence-corrected chi connectivity index (χ3v) is 7.80. The van der Waals surface area contributed by atoms with E-state index in [9.17, 15) is 9.59 Å². The molecule has 0 saturated heterocycles. The highest BCUT2D eigenvalue weighted by atomic mass is 79.9. The van der Waals surface area contributed by atoms with Crippen molar-refractivity contribution in [3.63, 3.8) is 0 Å². The topological polar surface area (TPSA) is 83.1 Å². The van der Waals surface area contributed by atoms with Gasteiger partial charge in [-0.15, -0.1) is 0 Å². The summed E-state index contributed by atoms with van der Waals surface area (Å²) in [5.41, 5.74) is 4.23. The van der Waals surface area contributed by atoms with Gasteiger partial charge in [0, 0.05) is 45.4 Å². The molecule has 2 aromatic rings. The van der Waals surface area contributed by atoms with Crippen LogP contribution >= 0.6 is 27.5 Å². The van der Waals surface area contributed by atoms with Gasteiger partial charge in [-0.1, -0.05) is 39.7 Å². The van der Waals surface area contributed by atoms with Crippen LogP contribution in [0.15, 0.2) is 63.4 Å². The van der Waals surface area contributed by atoms with Crippen LogP contribution in [-0.2, 0) is 19.1 Å². The standard InChI is InChI=1S/C28H27BrClNO6/c1-3-34-8-9-35-28(33)25-15(2)31-21-10-17(16-4-6-18(30)7-5-16)11-22(32)27(21)26(25)19-12-23-24(13-20(19)29)37-14-36-23/h4-7,12-13,17,26,31H,3,8-11,14H2,1-2H3/t17-,26-/m0/s1. The summed E-state index contributed by atoms with van der Waals surface area (Å²) in [6, 6.07) is 11.3. The highest BCUT2D eigenvalue weighted by molar-refractivity contribution is 9.10. The lowest BCUT2D eigenvalue weighted by Gasteiger charge is -2.37. The summed E-state index contributed by atoms with van der Waals surface area (Å²) >= 11 is 9.73. The van der Waals surface area contributed by atoms with E-state index in [1.165, 1.54) is 0 Å². The molecule has 0 spiro atoms. The molecule has 2 heterocycles. The first kappa shape index (κ1) is 25.8. The number of carbonyl (C=O) groups is 2. The van der Waals surface area contributed by atoms with E-state index in [-0.39, 0.29) is 25.1 Å². The molecule has 0 fully saturated rings. The first-order chi connectivity index (χ1) is 17.9. The first-order valence-corrected chi connectivity index (χ1v) is 13.4. The second kappa shape index (κ2) is 10.9. The van der Waals surface area contributed by atoms with Crippen molar-refractivity contribution in [2.45, 2.75) is 38.5 Å². The second-order valence-corrected chi connectivity index (χ2v) is 10.4. The normalized spacial score (nSPS) is 20.6. The van der Waals surface area contributed by atoms with Crippen LogP contribution in [0.3, 0.4) is 0 Å².